The number of imidazole rings is 1. The summed E-state index contributed by atoms with van der Waals surface area (Å²) in [7, 11) is 1.72. The number of hydrogen-bond acceptors (Lipinski definition) is 3. The summed E-state index contributed by atoms with van der Waals surface area (Å²) in [6.45, 7) is 3.98. The van der Waals surface area contributed by atoms with Crippen LogP contribution in [0.1, 0.15) is 42.8 Å². The van der Waals surface area contributed by atoms with Crippen LogP contribution in [0.5, 0.6) is 5.75 Å². The summed E-state index contributed by atoms with van der Waals surface area (Å²) in [6, 6.07) is 15.4. The van der Waals surface area contributed by atoms with Gasteiger partial charge in [0.15, 0.2) is 17.5 Å². The Balaban J connectivity index is 0.00000324. The first-order chi connectivity index (χ1) is 16.1. The van der Waals surface area contributed by atoms with E-state index in [0.717, 1.165) is 24.4 Å². The lowest BCUT2D eigenvalue weighted by Crippen LogP contribution is -2.38. The standard InChI is InChI=1S/C26H32FN5O.HI/c1-19(22-10-11-24(23(27)16-22)33-18-21-8-9-21)31-26(28-2)30-17-25-29-13-15-32(25)14-12-20-6-4-3-5-7-20;/h3-7,10-11,13,15-16,19,21H,8-9,12,14,17-18H2,1-2H3,(H2,28,30,31);1H. The van der Waals surface area contributed by atoms with Gasteiger partial charge >= 0.3 is 0 Å². The molecule has 0 bridgehead atoms. The normalized spacial score (nSPS) is 14.3. The number of nitrogens with one attached hydrogen (secondary N) is 2. The van der Waals surface area contributed by atoms with E-state index in [1.807, 2.05) is 31.5 Å². The molecule has 34 heavy (non-hydrogen) atoms. The zero-order chi connectivity index (χ0) is 23.0. The summed E-state index contributed by atoms with van der Waals surface area (Å²) in [5.74, 6) is 2.15. The largest absolute Gasteiger partial charge is 0.490 e. The van der Waals surface area contributed by atoms with Crippen LogP contribution in [0, 0.1) is 11.7 Å². The minimum absolute atomic E-state index is 0. The van der Waals surface area contributed by atoms with Crippen LogP contribution in [0.2, 0.25) is 0 Å². The van der Waals surface area contributed by atoms with Gasteiger partial charge in [-0.25, -0.2) is 9.37 Å². The van der Waals surface area contributed by atoms with E-state index in [4.69, 9.17) is 4.74 Å². The van der Waals surface area contributed by atoms with Gasteiger partial charge in [-0.2, -0.15) is 0 Å². The molecule has 1 atom stereocenters. The maximum Gasteiger partial charge on any atom is 0.191 e. The van der Waals surface area contributed by atoms with E-state index in [1.165, 1.54) is 24.5 Å². The first kappa shape index (κ1) is 26.0. The third-order valence-corrected chi connectivity index (χ3v) is 5.90. The van der Waals surface area contributed by atoms with Gasteiger partial charge in [-0.15, -0.1) is 24.0 Å². The zero-order valence-corrected chi connectivity index (χ0v) is 22.0. The topological polar surface area (TPSA) is 63.5 Å². The fraction of sp³-hybridized carbons (Fsp3) is 0.385. The van der Waals surface area contributed by atoms with Crippen LogP contribution in [0.4, 0.5) is 4.39 Å². The van der Waals surface area contributed by atoms with Gasteiger partial charge in [0, 0.05) is 26.0 Å². The number of benzene rings is 2. The van der Waals surface area contributed by atoms with Gasteiger partial charge in [0.25, 0.3) is 0 Å². The Kier molecular flexibility index (Phi) is 9.74. The van der Waals surface area contributed by atoms with Crippen LogP contribution < -0.4 is 15.4 Å². The zero-order valence-electron chi connectivity index (χ0n) is 19.7. The quantitative estimate of drug-likeness (QED) is 0.200. The van der Waals surface area contributed by atoms with E-state index in [1.54, 1.807) is 13.1 Å². The Morgan fingerprint density at radius 3 is 2.74 bits per heavy atom. The van der Waals surface area contributed by atoms with Gasteiger partial charge < -0.3 is 19.9 Å². The molecule has 1 unspecified atom stereocenters. The molecule has 4 rings (SSSR count). The predicted molar refractivity (Wildman–Crippen MR) is 144 cm³/mol. The number of ether oxygens (including phenoxy) is 1. The molecule has 0 saturated heterocycles. The first-order valence-electron chi connectivity index (χ1n) is 11.6. The molecule has 182 valence electrons. The molecule has 2 aromatic carbocycles. The van der Waals surface area contributed by atoms with E-state index in [2.05, 4.69) is 49.4 Å². The van der Waals surface area contributed by atoms with Crippen molar-refractivity contribution in [2.45, 2.75) is 45.3 Å². The highest BCUT2D eigenvalue weighted by Gasteiger charge is 2.22. The van der Waals surface area contributed by atoms with Gasteiger partial charge in [-0.1, -0.05) is 36.4 Å². The number of aliphatic imine (C=N–C) groups is 1. The van der Waals surface area contributed by atoms with Crippen LogP contribution >= 0.6 is 24.0 Å². The van der Waals surface area contributed by atoms with E-state index in [9.17, 15) is 4.39 Å². The van der Waals surface area contributed by atoms with E-state index in [-0.39, 0.29) is 35.8 Å². The molecule has 1 aromatic heterocycles. The molecular formula is C26H33FIN5O. The monoisotopic (exact) mass is 577 g/mol. The van der Waals surface area contributed by atoms with Crippen molar-refractivity contribution in [2.24, 2.45) is 10.9 Å². The molecule has 1 aliphatic carbocycles. The predicted octanol–water partition coefficient (Wildman–Crippen LogP) is 5.10. The highest BCUT2D eigenvalue weighted by molar-refractivity contribution is 14.0. The minimum atomic E-state index is -0.329. The van der Waals surface area contributed by atoms with Gasteiger partial charge in [0.05, 0.1) is 19.2 Å². The highest BCUT2D eigenvalue weighted by atomic mass is 127. The lowest BCUT2D eigenvalue weighted by atomic mass is 10.1. The number of nitrogens with zero attached hydrogens (tertiary/aromatic N) is 3. The van der Waals surface area contributed by atoms with E-state index >= 15 is 0 Å². The lowest BCUT2D eigenvalue weighted by Gasteiger charge is -2.19. The van der Waals surface area contributed by atoms with Crippen LogP contribution in [-0.4, -0.2) is 29.2 Å². The number of hydrogen-bond donors (Lipinski definition) is 2. The first-order valence-corrected chi connectivity index (χ1v) is 11.6. The SMILES string of the molecule is CN=C(NCc1nccn1CCc1ccccc1)NC(C)c1ccc(OCC2CC2)c(F)c1.I. The summed E-state index contributed by atoms with van der Waals surface area (Å²) in [4.78, 5) is 8.79. The minimum Gasteiger partial charge on any atom is -0.490 e. The van der Waals surface area contributed by atoms with Crippen molar-refractivity contribution in [2.75, 3.05) is 13.7 Å². The second-order valence-electron chi connectivity index (χ2n) is 8.51. The molecule has 8 heteroatoms. The number of aromatic nitrogens is 2. The van der Waals surface area contributed by atoms with Gasteiger partial charge in [0.2, 0.25) is 0 Å². The molecule has 1 aliphatic rings. The molecule has 1 saturated carbocycles. The molecule has 0 aliphatic heterocycles. The van der Waals surface area contributed by atoms with Gasteiger partial charge in [0.1, 0.15) is 5.82 Å². The van der Waals surface area contributed by atoms with Crippen molar-refractivity contribution in [3.05, 3.63) is 83.7 Å². The van der Waals surface area contributed by atoms with E-state index in [0.29, 0.717) is 30.8 Å². The van der Waals surface area contributed by atoms with Crippen LogP contribution in [0.15, 0.2) is 65.9 Å². The molecular weight excluding hydrogens is 544 g/mol. The van der Waals surface area contributed by atoms with Gasteiger partial charge in [-0.3, -0.25) is 4.99 Å². The average molecular weight is 577 g/mol. The average Bonchev–Trinajstić information content (AvgIpc) is 3.56. The Hall–Kier alpha value is -2.62. The summed E-state index contributed by atoms with van der Waals surface area (Å²) in [6.07, 6.45) is 7.12. The van der Waals surface area contributed by atoms with Crippen molar-refractivity contribution in [3.8, 4) is 5.75 Å². The lowest BCUT2D eigenvalue weighted by molar-refractivity contribution is 0.285. The smallest absolute Gasteiger partial charge is 0.191 e. The number of rotatable bonds is 10. The van der Waals surface area contributed by atoms with Crippen LogP contribution in [0.25, 0.3) is 0 Å². The molecule has 3 aromatic rings. The van der Waals surface area contributed by atoms with Crippen molar-refractivity contribution >= 4 is 29.9 Å². The molecule has 6 nitrogen and oxygen atoms in total. The summed E-state index contributed by atoms with van der Waals surface area (Å²) < 4.78 is 22.2. The van der Waals surface area contributed by atoms with Crippen molar-refractivity contribution in [1.29, 1.82) is 0 Å². The molecule has 0 amide bonds. The summed E-state index contributed by atoms with van der Waals surface area (Å²) in [5.41, 5.74) is 2.13. The number of halogens is 2. The Bertz CT molecular complexity index is 1070. The fourth-order valence-corrected chi connectivity index (χ4v) is 3.65. The molecule has 0 spiro atoms. The Labute approximate surface area is 218 Å². The molecule has 0 radical (unpaired) electrons. The third kappa shape index (κ3) is 7.44. The van der Waals surface area contributed by atoms with Crippen molar-refractivity contribution in [1.82, 2.24) is 20.2 Å². The Morgan fingerprint density at radius 1 is 1.24 bits per heavy atom. The highest BCUT2D eigenvalue weighted by Crippen LogP contribution is 2.30. The maximum absolute atomic E-state index is 14.5. The van der Waals surface area contributed by atoms with Crippen molar-refractivity contribution in [3.63, 3.8) is 0 Å². The second kappa shape index (κ2) is 12.7. The van der Waals surface area contributed by atoms with Crippen LogP contribution in [0.3, 0.4) is 0 Å². The third-order valence-electron chi connectivity index (χ3n) is 5.90. The maximum atomic E-state index is 14.5. The Morgan fingerprint density at radius 2 is 2.03 bits per heavy atom. The van der Waals surface area contributed by atoms with Gasteiger partial charge in [-0.05, 0) is 55.4 Å². The molecule has 2 N–H and O–H groups in total. The fourth-order valence-electron chi connectivity index (χ4n) is 3.65. The molecule has 1 fully saturated rings. The summed E-state index contributed by atoms with van der Waals surface area (Å²) >= 11 is 0. The molecule has 1 heterocycles. The number of aryl methyl sites for hydroxylation is 2. The van der Waals surface area contributed by atoms with Crippen LogP contribution in [-0.2, 0) is 19.5 Å². The second-order valence-corrected chi connectivity index (χ2v) is 8.51. The number of guanidine groups is 1. The summed E-state index contributed by atoms with van der Waals surface area (Å²) in [5, 5.41) is 6.64. The van der Waals surface area contributed by atoms with E-state index < -0.39 is 0 Å². The van der Waals surface area contributed by atoms with Crippen molar-refractivity contribution < 1.29 is 9.13 Å².